The summed E-state index contributed by atoms with van der Waals surface area (Å²) < 4.78 is 0. The number of hydrogen-bond donors (Lipinski definition) is 3. The highest BCUT2D eigenvalue weighted by Crippen LogP contribution is 2.10. The van der Waals surface area contributed by atoms with Gasteiger partial charge in [-0.1, -0.05) is 13.3 Å². The fourth-order valence-electron chi connectivity index (χ4n) is 0.788. The highest BCUT2D eigenvalue weighted by molar-refractivity contribution is 4.97. The van der Waals surface area contributed by atoms with Crippen molar-refractivity contribution in [2.75, 3.05) is 6.61 Å². The molecule has 0 heterocycles. The van der Waals surface area contributed by atoms with E-state index in [1.807, 2.05) is 13.8 Å². The molecule has 0 aliphatic rings. The Balaban J connectivity index is 4.27. The highest BCUT2D eigenvalue weighted by atomic mass is 16.3. The molecular formula is C9H21N3O. The molecule has 4 heteroatoms. The Morgan fingerprint density at radius 2 is 2.08 bits per heavy atom. The summed E-state index contributed by atoms with van der Waals surface area (Å²) in [4.78, 5) is 0. The van der Waals surface area contributed by atoms with Gasteiger partial charge in [0.2, 0.25) is 0 Å². The topological polar surface area (TPSA) is 75.5 Å². The van der Waals surface area contributed by atoms with Gasteiger partial charge in [0, 0.05) is 11.9 Å². The van der Waals surface area contributed by atoms with Crippen molar-refractivity contribution in [3.05, 3.63) is 11.9 Å². The van der Waals surface area contributed by atoms with Crippen LogP contribution in [-0.4, -0.2) is 22.3 Å². The second-order valence-electron chi connectivity index (χ2n) is 3.83. The first-order valence-electron chi connectivity index (χ1n) is 4.55. The van der Waals surface area contributed by atoms with Crippen LogP contribution in [0.1, 0.15) is 33.6 Å². The quantitative estimate of drug-likeness (QED) is 0.433. The van der Waals surface area contributed by atoms with Gasteiger partial charge in [0.25, 0.3) is 0 Å². The van der Waals surface area contributed by atoms with Crippen LogP contribution >= 0.6 is 0 Å². The molecule has 0 atom stereocenters. The molecule has 0 fully saturated rings. The summed E-state index contributed by atoms with van der Waals surface area (Å²) in [5, 5.41) is 10.5. The molecule has 0 radical (unpaired) electrons. The monoisotopic (exact) mass is 187 g/mol. The van der Waals surface area contributed by atoms with Crippen molar-refractivity contribution >= 4 is 0 Å². The Labute approximate surface area is 80.2 Å². The fraction of sp³-hybridized carbons (Fsp3) is 0.778. The van der Waals surface area contributed by atoms with Crippen molar-refractivity contribution in [1.82, 2.24) is 5.01 Å². The zero-order valence-electron chi connectivity index (χ0n) is 8.75. The van der Waals surface area contributed by atoms with E-state index in [4.69, 9.17) is 16.7 Å². The lowest BCUT2D eigenvalue weighted by atomic mass is 10.1. The van der Waals surface area contributed by atoms with Gasteiger partial charge in [-0.2, -0.15) is 0 Å². The summed E-state index contributed by atoms with van der Waals surface area (Å²) in [6.45, 7) is 5.75. The second-order valence-corrected chi connectivity index (χ2v) is 3.83. The largest absolute Gasteiger partial charge is 0.401 e. The SMILES string of the molecule is CCC/C(N)=C\N(N)C(C)(C)CO. The minimum absolute atomic E-state index is 0.000590. The molecular weight excluding hydrogens is 166 g/mol. The van der Waals surface area contributed by atoms with E-state index in [0.29, 0.717) is 0 Å². The molecule has 0 aromatic heterocycles. The molecule has 4 nitrogen and oxygen atoms in total. The third-order valence-corrected chi connectivity index (χ3v) is 1.93. The summed E-state index contributed by atoms with van der Waals surface area (Å²) in [6.07, 6.45) is 3.50. The molecule has 0 aliphatic heterocycles. The van der Waals surface area contributed by atoms with Crippen molar-refractivity contribution in [2.24, 2.45) is 11.6 Å². The Morgan fingerprint density at radius 1 is 1.54 bits per heavy atom. The molecule has 78 valence electrons. The number of hydrazine groups is 1. The van der Waals surface area contributed by atoms with E-state index in [-0.39, 0.29) is 6.61 Å². The van der Waals surface area contributed by atoms with Crippen molar-refractivity contribution in [1.29, 1.82) is 0 Å². The Kier molecular flexibility index (Phi) is 4.80. The summed E-state index contributed by atoms with van der Waals surface area (Å²) in [7, 11) is 0. The first-order valence-corrected chi connectivity index (χ1v) is 4.55. The van der Waals surface area contributed by atoms with Gasteiger partial charge in [0.05, 0.1) is 12.1 Å². The number of hydrogen-bond acceptors (Lipinski definition) is 4. The third kappa shape index (κ3) is 4.15. The highest BCUT2D eigenvalue weighted by Gasteiger charge is 2.20. The molecule has 13 heavy (non-hydrogen) atoms. The Morgan fingerprint density at radius 3 is 2.46 bits per heavy atom. The maximum Gasteiger partial charge on any atom is 0.0728 e. The predicted octanol–water partition coefficient (Wildman–Crippen LogP) is 0.533. The van der Waals surface area contributed by atoms with Crippen LogP contribution in [0.25, 0.3) is 0 Å². The van der Waals surface area contributed by atoms with E-state index < -0.39 is 5.54 Å². The lowest BCUT2D eigenvalue weighted by Crippen LogP contribution is -2.48. The van der Waals surface area contributed by atoms with Crippen LogP contribution in [0.4, 0.5) is 0 Å². The second kappa shape index (κ2) is 5.09. The van der Waals surface area contributed by atoms with Gasteiger partial charge in [0.1, 0.15) is 0 Å². The molecule has 0 spiro atoms. The first-order chi connectivity index (χ1) is 5.94. The number of nitrogens with zero attached hydrogens (tertiary/aromatic N) is 1. The fourth-order valence-corrected chi connectivity index (χ4v) is 0.788. The van der Waals surface area contributed by atoms with Crippen LogP contribution in [0.2, 0.25) is 0 Å². The minimum atomic E-state index is -0.460. The van der Waals surface area contributed by atoms with E-state index in [2.05, 4.69) is 6.92 Å². The van der Waals surface area contributed by atoms with Gasteiger partial charge < -0.3 is 15.8 Å². The normalized spacial score (nSPS) is 13.2. The minimum Gasteiger partial charge on any atom is -0.401 e. The van der Waals surface area contributed by atoms with E-state index in [1.54, 1.807) is 6.20 Å². The lowest BCUT2D eigenvalue weighted by molar-refractivity contribution is 0.0955. The molecule has 0 rings (SSSR count). The maximum atomic E-state index is 9.02. The number of allylic oxidation sites excluding steroid dienone is 1. The van der Waals surface area contributed by atoms with E-state index in [1.165, 1.54) is 5.01 Å². The summed E-state index contributed by atoms with van der Waals surface area (Å²) in [5.41, 5.74) is 5.98. The molecule has 0 aromatic rings. The Hall–Kier alpha value is -0.740. The standard InChI is InChI=1S/C9H21N3O/c1-4-5-8(10)6-12(11)9(2,3)7-13/h6,13H,4-5,7,10-11H2,1-3H3/b8-6+. The van der Waals surface area contributed by atoms with Crippen LogP contribution in [-0.2, 0) is 0 Å². The smallest absolute Gasteiger partial charge is 0.0728 e. The number of aliphatic hydroxyl groups is 1. The molecule has 0 aromatic carbocycles. The molecule has 0 saturated carbocycles. The first kappa shape index (κ1) is 12.3. The summed E-state index contributed by atoms with van der Waals surface area (Å²) in [6, 6.07) is 0. The van der Waals surface area contributed by atoms with Crippen molar-refractivity contribution in [2.45, 2.75) is 39.2 Å². The van der Waals surface area contributed by atoms with Gasteiger partial charge in [-0.3, -0.25) is 0 Å². The predicted molar refractivity (Wildman–Crippen MR) is 54.4 cm³/mol. The van der Waals surface area contributed by atoms with Gasteiger partial charge in [-0.25, -0.2) is 5.84 Å². The molecule has 5 N–H and O–H groups in total. The van der Waals surface area contributed by atoms with Crippen LogP contribution < -0.4 is 11.6 Å². The van der Waals surface area contributed by atoms with Crippen molar-refractivity contribution < 1.29 is 5.11 Å². The maximum absolute atomic E-state index is 9.02. The molecule has 0 bridgehead atoms. The van der Waals surface area contributed by atoms with E-state index >= 15 is 0 Å². The van der Waals surface area contributed by atoms with Gasteiger partial charge in [0.15, 0.2) is 0 Å². The molecule has 0 unspecified atom stereocenters. The summed E-state index contributed by atoms with van der Waals surface area (Å²) in [5.74, 6) is 5.71. The lowest BCUT2D eigenvalue weighted by Gasteiger charge is -2.32. The van der Waals surface area contributed by atoms with Crippen LogP contribution in [0, 0.1) is 0 Å². The Bertz CT molecular complexity index is 178. The summed E-state index contributed by atoms with van der Waals surface area (Å²) >= 11 is 0. The average molecular weight is 187 g/mol. The zero-order chi connectivity index (χ0) is 10.5. The van der Waals surface area contributed by atoms with Crippen LogP contribution in [0.3, 0.4) is 0 Å². The molecule has 0 amide bonds. The molecule has 0 aliphatic carbocycles. The number of rotatable bonds is 5. The zero-order valence-corrected chi connectivity index (χ0v) is 8.75. The average Bonchev–Trinajstić information content (AvgIpc) is 2.04. The van der Waals surface area contributed by atoms with Gasteiger partial charge in [-0.15, -0.1) is 0 Å². The third-order valence-electron chi connectivity index (χ3n) is 1.93. The van der Waals surface area contributed by atoms with Crippen LogP contribution in [0.5, 0.6) is 0 Å². The van der Waals surface area contributed by atoms with E-state index in [0.717, 1.165) is 18.5 Å². The van der Waals surface area contributed by atoms with Crippen molar-refractivity contribution in [3.8, 4) is 0 Å². The van der Waals surface area contributed by atoms with E-state index in [9.17, 15) is 0 Å². The van der Waals surface area contributed by atoms with Gasteiger partial charge >= 0.3 is 0 Å². The van der Waals surface area contributed by atoms with Gasteiger partial charge in [-0.05, 0) is 20.3 Å². The number of nitrogens with two attached hydrogens (primary N) is 2. The number of aliphatic hydroxyl groups excluding tert-OH is 1. The molecule has 0 saturated heterocycles. The van der Waals surface area contributed by atoms with Crippen molar-refractivity contribution in [3.63, 3.8) is 0 Å². The van der Waals surface area contributed by atoms with Crippen LogP contribution in [0.15, 0.2) is 11.9 Å².